The molecule has 0 bridgehead atoms. The highest BCUT2D eigenvalue weighted by Crippen LogP contribution is 2.22. The van der Waals surface area contributed by atoms with Crippen LogP contribution >= 0.6 is 15.9 Å². The number of nitrogens with zero attached hydrogens (tertiary/aromatic N) is 1. The Hall–Kier alpha value is -2.07. The van der Waals surface area contributed by atoms with E-state index in [1.165, 1.54) is 0 Å². The van der Waals surface area contributed by atoms with Crippen LogP contribution in [0.1, 0.15) is 35.0 Å². The minimum atomic E-state index is 0.0464. The van der Waals surface area contributed by atoms with E-state index in [9.17, 15) is 4.79 Å². The van der Waals surface area contributed by atoms with Gasteiger partial charge in [-0.3, -0.25) is 4.79 Å². The summed E-state index contributed by atoms with van der Waals surface area (Å²) < 4.78 is 7.61. The lowest BCUT2D eigenvalue weighted by molar-refractivity contribution is 0.103. The predicted octanol–water partition coefficient (Wildman–Crippen LogP) is 4.90. The molecule has 0 fully saturated rings. The van der Waals surface area contributed by atoms with Gasteiger partial charge < -0.3 is 9.14 Å². The van der Waals surface area contributed by atoms with Crippen molar-refractivity contribution < 1.29 is 9.53 Å². The summed E-state index contributed by atoms with van der Waals surface area (Å²) in [6.45, 7) is 2.74. The van der Waals surface area contributed by atoms with Crippen molar-refractivity contribution in [3.8, 4) is 5.75 Å². The lowest BCUT2D eigenvalue weighted by Gasteiger charge is -2.08. The van der Waals surface area contributed by atoms with Crippen LogP contribution in [0.4, 0.5) is 0 Å². The van der Waals surface area contributed by atoms with Gasteiger partial charge in [-0.05, 0) is 60.9 Å². The molecule has 124 valence electrons. The van der Waals surface area contributed by atoms with E-state index in [2.05, 4.69) is 28.9 Å². The first-order valence-corrected chi connectivity index (χ1v) is 9.29. The van der Waals surface area contributed by atoms with Crippen molar-refractivity contribution in [1.29, 1.82) is 0 Å². The highest BCUT2D eigenvalue weighted by molar-refractivity contribution is 9.09. The Labute approximate surface area is 150 Å². The first-order chi connectivity index (χ1) is 11.7. The average molecular weight is 386 g/mol. The second kappa shape index (κ2) is 7.67. The van der Waals surface area contributed by atoms with Crippen LogP contribution in [0.3, 0.4) is 0 Å². The maximum absolute atomic E-state index is 13.0. The highest BCUT2D eigenvalue weighted by Gasteiger charge is 2.18. The van der Waals surface area contributed by atoms with Gasteiger partial charge in [0, 0.05) is 22.6 Å². The summed E-state index contributed by atoms with van der Waals surface area (Å²) in [4.78, 5) is 13.0. The summed E-state index contributed by atoms with van der Waals surface area (Å²) in [6.07, 6.45) is 3.73. The number of benzene rings is 1. The number of fused-ring (bicyclic) bond motifs is 1. The van der Waals surface area contributed by atoms with Gasteiger partial charge in [-0.1, -0.05) is 28.9 Å². The number of rotatable bonds is 7. The summed E-state index contributed by atoms with van der Waals surface area (Å²) in [5.74, 6) is 0.841. The molecular weight excluding hydrogens is 366 g/mol. The molecule has 0 aliphatic rings. The van der Waals surface area contributed by atoms with Gasteiger partial charge in [-0.25, -0.2) is 0 Å². The molecule has 0 N–H and O–H groups in total. The van der Waals surface area contributed by atoms with Gasteiger partial charge in [0.1, 0.15) is 5.75 Å². The predicted molar refractivity (Wildman–Crippen MR) is 101 cm³/mol. The molecular formula is C20H20BrNO2. The zero-order valence-electron chi connectivity index (χ0n) is 13.7. The standard InChI is InChI=1S/C20H20BrNO2/c1-2-15-14-17-6-3-4-12-22(17)19(15)20(23)16-7-9-18(10-8-16)24-13-5-11-21/h3-4,6-10,12,14H,2,5,11,13H2,1H3. The third kappa shape index (κ3) is 3.39. The van der Waals surface area contributed by atoms with E-state index in [1.807, 2.05) is 53.1 Å². The van der Waals surface area contributed by atoms with Crippen molar-refractivity contribution in [3.63, 3.8) is 0 Å². The van der Waals surface area contributed by atoms with Crippen molar-refractivity contribution in [2.45, 2.75) is 19.8 Å². The molecule has 0 spiro atoms. The third-order valence-electron chi connectivity index (χ3n) is 4.02. The number of alkyl halides is 1. The lowest BCUT2D eigenvalue weighted by Crippen LogP contribution is -2.08. The summed E-state index contributed by atoms with van der Waals surface area (Å²) in [6, 6.07) is 15.5. The molecule has 0 amide bonds. The number of hydrogen-bond acceptors (Lipinski definition) is 2. The molecule has 4 heteroatoms. The molecule has 0 radical (unpaired) electrons. The lowest BCUT2D eigenvalue weighted by atomic mass is 10.0. The van der Waals surface area contributed by atoms with Crippen molar-refractivity contribution in [2.24, 2.45) is 0 Å². The van der Waals surface area contributed by atoms with E-state index in [0.717, 1.165) is 40.7 Å². The number of hydrogen-bond donors (Lipinski definition) is 0. The Balaban J connectivity index is 1.89. The minimum Gasteiger partial charge on any atom is -0.494 e. The molecule has 24 heavy (non-hydrogen) atoms. The van der Waals surface area contributed by atoms with E-state index in [0.29, 0.717) is 12.2 Å². The molecule has 0 saturated carbocycles. The van der Waals surface area contributed by atoms with Crippen molar-refractivity contribution in [3.05, 3.63) is 71.5 Å². The minimum absolute atomic E-state index is 0.0464. The maximum atomic E-state index is 13.0. The first kappa shape index (κ1) is 16.8. The largest absolute Gasteiger partial charge is 0.494 e. The van der Waals surface area contributed by atoms with Gasteiger partial charge in [-0.15, -0.1) is 0 Å². The zero-order valence-corrected chi connectivity index (χ0v) is 15.3. The Bertz CT molecular complexity index is 836. The fourth-order valence-electron chi connectivity index (χ4n) is 2.79. The van der Waals surface area contributed by atoms with Gasteiger partial charge in [0.05, 0.1) is 12.3 Å². The fraction of sp³-hybridized carbons (Fsp3) is 0.250. The van der Waals surface area contributed by atoms with Gasteiger partial charge in [0.25, 0.3) is 0 Å². The summed E-state index contributed by atoms with van der Waals surface area (Å²) in [7, 11) is 0. The van der Waals surface area contributed by atoms with E-state index in [1.54, 1.807) is 0 Å². The molecule has 3 rings (SSSR count). The number of pyridine rings is 1. The number of halogens is 1. The molecule has 0 aliphatic carbocycles. The summed E-state index contributed by atoms with van der Waals surface area (Å²) in [5.41, 5.74) is 3.55. The van der Waals surface area contributed by atoms with Crippen LogP contribution in [0.2, 0.25) is 0 Å². The van der Waals surface area contributed by atoms with Crippen molar-refractivity contribution >= 4 is 27.2 Å². The van der Waals surface area contributed by atoms with Crippen molar-refractivity contribution in [1.82, 2.24) is 4.40 Å². The second-order valence-electron chi connectivity index (χ2n) is 5.61. The van der Waals surface area contributed by atoms with Crippen LogP contribution in [-0.2, 0) is 6.42 Å². The Morgan fingerprint density at radius 3 is 2.67 bits per heavy atom. The quantitative estimate of drug-likeness (QED) is 0.329. The normalized spacial score (nSPS) is 10.9. The summed E-state index contributed by atoms with van der Waals surface area (Å²) in [5, 5.41) is 0.921. The van der Waals surface area contributed by atoms with Crippen LogP contribution in [0.15, 0.2) is 54.7 Å². The average Bonchev–Trinajstić information content (AvgIpc) is 3.00. The molecule has 2 aromatic heterocycles. The summed E-state index contributed by atoms with van der Waals surface area (Å²) >= 11 is 3.38. The fourth-order valence-corrected chi connectivity index (χ4v) is 3.02. The monoisotopic (exact) mass is 385 g/mol. The smallest absolute Gasteiger partial charge is 0.210 e. The molecule has 1 aromatic carbocycles. The number of carbonyl (C=O) groups is 1. The Morgan fingerprint density at radius 2 is 1.96 bits per heavy atom. The molecule has 3 nitrogen and oxygen atoms in total. The zero-order chi connectivity index (χ0) is 16.9. The molecule has 3 aromatic rings. The van der Waals surface area contributed by atoms with Crippen LogP contribution in [-0.4, -0.2) is 22.1 Å². The molecule has 0 saturated heterocycles. The topological polar surface area (TPSA) is 30.7 Å². The van der Waals surface area contributed by atoms with Crippen LogP contribution in [0, 0.1) is 0 Å². The van der Waals surface area contributed by atoms with Gasteiger partial charge in [-0.2, -0.15) is 0 Å². The van der Waals surface area contributed by atoms with E-state index in [-0.39, 0.29) is 5.78 Å². The third-order valence-corrected chi connectivity index (χ3v) is 4.58. The van der Waals surface area contributed by atoms with E-state index < -0.39 is 0 Å². The number of ketones is 1. The number of carbonyl (C=O) groups excluding carboxylic acids is 1. The van der Waals surface area contributed by atoms with Gasteiger partial charge in [0.2, 0.25) is 5.78 Å². The van der Waals surface area contributed by atoms with Crippen LogP contribution in [0.25, 0.3) is 5.52 Å². The highest BCUT2D eigenvalue weighted by atomic mass is 79.9. The van der Waals surface area contributed by atoms with Crippen LogP contribution in [0.5, 0.6) is 5.75 Å². The Morgan fingerprint density at radius 1 is 1.17 bits per heavy atom. The Kier molecular flexibility index (Phi) is 5.36. The SMILES string of the molecule is CCc1cc2ccccn2c1C(=O)c1ccc(OCCCBr)cc1. The molecule has 0 atom stereocenters. The maximum Gasteiger partial charge on any atom is 0.210 e. The van der Waals surface area contributed by atoms with Gasteiger partial charge in [0.15, 0.2) is 0 Å². The first-order valence-electron chi connectivity index (χ1n) is 8.17. The van der Waals surface area contributed by atoms with Crippen LogP contribution < -0.4 is 4.74 Å². The molecule has 0 unspecified atom stereocenters. The molecule has 0 aliphatic heterocycles. The number of ether oxygens (including phenoxy) is 1. The van der Waals surface area contributed by atoms with Gasteiger partial charge >= 0.3 is 0 Å². The van der Waals surface area contributed by atoms with E-state index in [4.69, 9.17) is 4.74 Å². The second-order valence-corrected chi connectivity index (χ2v) is 6.40. The number of aryl methyl sites for hydroxylation is 1. The number of aromatic nitrogens is 1. The van der Waals surface area contributed by atoms with Crippen molar-refractivity contribution in [2.75, 3.05) is 11.9 Å². The van der Waals surface area contributed by atoms with E-state index >= 15 is 0 Å². The molecule has 2 heterocycles.